The molecular weight excluding hydrogens is 514 g/mol. The highest BCUT2D eigenvalue weighted by Crippen LogP contribution is 2.41. The van der Waals surface area contributed by atoms with E-state index < -0.39 is 23.7 Å². The lowest BCUT2D eigenvalue weighted by Crippen LogP contribution is -2.33. The van der Waals surface area contributed by atoms with Gasteiger partial charge in [-0.1, -0.05) is 41.9 Å². The summed E-state index contributed by atoms with van der Waals surface area (Å²) >= 11 is 3.43. The number of nitrogens with zero attached hydrogens (tertiary/aromatic N) is 2. The molecule has 1 aliphatic rings. The van der Waals surface area contributed by atoms with Crippen LogP contribution in [-0.4, -0.2) is 70.8 Å². The third-order valence-electron chi connectivity index (χ3n) is 6.56. The van der Waals surface area contributed by atoms with E-state index in [0.29, 0.717) is 29.8 Å². The molecule has 1 aliphatic heterocycles. The van der Waals surface area contributed by atoms with Crippen molar-refractivity contribution in [2.45, 2.75) is 40.2 Å². The second-order valence-electron chi connectivity index (χ2n) is 8.54. The van der Waals surface area contributed by atoms with Gasteiger partial charge >= 0.3 is 5.97 Å². The van der Waals surface area contributed by atoms with E-state index in [-0.39, 0.29) is 17.0 Å². The number of amides is 1. The van der Waals surface area contributed by atoms with E-state index in [1.165, 1.54) is 7.11 Å². The number of benzene rings is 1. The second-order valence-corrected chi connectivity index (χ2v) is 9.46. The standard InChI is InChI=1S/C26H32BrN3O5/c1-6-29(7-2)13-8-14-30-22(17-9-11-18(27)12-10-17)20(24(32)25(30)33)23(31)19-15(3)21(26(34)35-5)28-16(19)4/h9-12,22,28,31H,6-8,13-14H2,1-5H3. The molecule has 9 heteroatoms. The van der Waals surface area contributed by atoms with Crippen LogP contribution in [0.5, 0.6) is 0 Å². The van der Waals surface area contributed by atoms with Crippen LogP contribution in [0.4, 0.5) is 0 Å². The van der Waals surface area contributed by atoms with Gasteiger partial charge in [0, 0.05) is 22.3 Å². The van der Waals surface area contributed by atoms with Crippen LogP contribution < -0.4 is 0 Å². The SMILES string of the molecule is CCN(CC)CCCN1C(=O)C(=O)C(=C(O)c2c(C)[nH]c(C(=O)OC)c2C)C1c1ccc(Br)cc1. The molecule has 8 nitrogen and oxygen atoms in total. The topological polar surface area (TPSA) is 103 Å². The molecule has 35 heavy (non-hydrogen) atoms. The Morgan fingerprint density at radius 3 is 2.37 bits per heavy atom. The minimum atomic E-state index is -0.741. The maximum absolute atomic E-state index is 13.3. The fourth-order valence-electron chi connectivity index (χ4n) is 4.65. The van der Waals surface area contributed by atoms with Gasteiger partial charge < -0.3 is 24.6 Å². The number of hydrogen-bond acceptors (Lipinski definition) is 6. The number of methoxy groups -OCH3 is 1. The van der Waals surface area contributed by atoms with Crippen molar-refractivity contribution in [3.8, 4) is 0 Å². The van der Waals surface area contributed by atoms with E-state index in [9.17, 15) is 19.5 Å². The third-order valence-corrected chi connectivity index (χ3v) is 7.09. The average molecular weight is 546 g/mol. The van der Waals surface area contributed by atoms with Crippen LogP contribution >= 0.6 is 15.9 Å². The van der Waals surface area contributed by atoms with Crippen LogP contribution in [0, 0.1) is 13.8 Å². The summed E-state index contributed by atoms with van der Waals surface area (Å²) in [5, 5.41) is 11.4. The molecule has 0 spiro atoms. The number of likely N-dealkylation sites (tertiary alicyclic amines) is 1. The van der Waals surface area contributed by atoms with Crippen molar-refractivity contribution in [3.05, 3.63) is 62.4 Å². The highest BCUT2D eigenvalue weighted by Gasteiger charge is 2.46. The van der Waals surface area contributed by atoms with Gasteiger partial charge in [0.05, 0.1) is 18.7 Å². The van der Waals surface area contributed by atoms with E-state index in [0.717, 1.165) is 29.7 Å². The van der Waals surface area contributed by atoms with Gasteiger partial charge in [0.25, 0.3) is 11.7 Å². The minimum absolute atomic E-state index is 0.0155. The molecule has 2 heterocycles. The van der Waals surface area contributed by atoms with Crippen molar-refractivity contribution < 1.29 is 24.2 Å². The molecule has 0 bridgehead atoms. The van der Waals surface area contributed by atoms with Crippen molar-refractivity contribution in [2.24, 2.45) is 0 Å². The van der Waals surface area contributed by atoms with Gasteiger partial charge in [-0.25, -0.2) is 4.79 Å². The lowest BCUT2D eigenvalue weighted by Gasteiger charge is -2.27. The van der Waals surface area contributed by atoms with E-state index >= 15 is 0 Å². The first-order valence-corrected chi connectivity index (χ1v) is 12.5. The smallest absolute Gasteiger partial charge is 0.354 e. The summed E-state index contributed by atoms with van der Waals surface area (Å²) in [6.45, 7) is 10.5. The Bertz CT molecular complexity index is 1150. The Morgan fingerprint density at radius 1 is 1.17 bits per heavy atom. The number of aromatic amines is 1. The number of esters is 1. The van der Waals surface area contributed by atoms with E-state index in [2.05, 4.69) is 39.7 Å². The molecule has 1 unspecified atom stereocenters. The molecule has 0 aliphatic carbocycles. The Labute approximate surface area is 214 Å². The molecule has 0 saturated carbocycles. The number of aromatic nitrogens is 1. The maximum Gasteiger partial charge on any atom is 0.354 e. The maximum atomic E-state index is 13.3. The number of H-pyrrole nitrogens is 1. The summed E-state index contributed by atoms with van der Waals surface area (Å²) < 4.78 is 5.68. The summed E-state index contributed by atoms with van der Waals surface area (Å²) in [4.78, 5) is 45.3. The molecule has 1 fully saturated rings. The monoisotopic (exact) mass is 545 g/mol. The minimum Gasteiger partial charge on any atom is -0.507 e. The van der Waals surface area contributed by atoms with Crippen molar-refractivity contribution in [1.29, 1.82) is 0 Å². The zero-order chi connectivity index (χ0) is 25.9. The van der Waals surface area contributed by atoms with Crippen molar-refractivity contribution in [2.75, 3.05) is 33.3 Å². The van der Waals surface area contributed by atoms with E-state index in [1.807, 2.05) is 24.3 Å². The molecule has 1 saturated heterocycles. The van der Waals surface area contributed by atoms with Gasteiger partial charge in [-0.3, -0.25) is 9.59 Å². The fourth-order valence-corrected chi connectivity index (χ4v) is 4.92. The number of carbonyl (C=O) groups is 3. The summed E-state index contributed by atoms with van der Waals surface area (Å²) in [5.74, 6) is -2.26. The molecule has 1 aromatic carbocycles. The highest BCUT2D eigenvalue weighted by molar-refractivity contribution is 9.10. The number of rotatable bonds is 9. The number of ether oxygens (including phenoxy) is 1. The van der Waals surface area contributed by atoms with E-state index in [1.54, 1.807) is 18.7 Å². The highest BCUT2D eigenvalue weighted by atomic mass is 79.9. The predicted molar refractivity (Wildman–Crippen MR) is 137 cm³/mol. The first-order valence-electron chi connectivity index (χ1n) is 11.7. The lowest BCUT2D eigenvalue weighted by molar-refractivity contribution is -0.140. The number of Topliss-reactive ketones (excluding diaryl/α,β-unsaturated/α-hetero) is 1. The second kappa shape index (κ2) is 11.2. The number of ketones is 1. The number of aryl methyl sites for hydroxylation is 1. The quantitative estimate of drug-likeness (QED) is 0.210. The largest absolute Gasteiger partial charge is 0.507 e. The van der Waals surface area contributed by atoms with Gasteiger partial charge in [0.1, 0.15) is 11.5 Å². The summed E-state index contributed by atoms with van der Waals surface area (Å²) in [7, 11) is 1.27. The number of carbonyl (C=O) groups excluding carboxylic acids is 3. The summed E-state index contributed by atoms with van der Waals surface area (Å²) in [5.41, 5.74) is 2.21. The summed E-state index contributed by atoms with van der Waals surface area (Å²) in [6.07, 6.45) is 0.691. The van der Waals surface area contributed by atoms with Crippen LogP contribution in [0.15, 0.2) is 34.3 Å². The van der Waals surface area contributed by atoms with Gasteiger partial charge in [0.2, 0.25) is 0 Å². The molecule has 0 radical (unpaired) electrons. The van der Waals surface area contributed by atoms with Crippen LogP contribution in [0.25, 0.3) is 5.76 Å². The molecule has 1 aromatic heterocycles. The van der Waals surface area contributed by atoms with Gasteiger partial charge in [0.15, 0.2) is 0 Å². The first kappa shape index (κ1) is 26.7. The van der Waals surface area contributed by atoms with E-state index in [4.69, 9.17) is 4.74 Å². The normalized spacial score (nSPS) is 17.5. The molecule has 2 N–H and O–H groups in total. The zero-order valence-corrected chi connectivity index (χ0v) is 22.4. The molecule has 1 amide bonds. The molecule has 1 atom stereocenters. The lowest BCUT2D eigenvalue weighted by atomic mass is 9.94. The molecule has 3 rings (SSSR count). The molecular formula is C26H32BrN3O5. The van der Waals surface area contributed by atoms with Crippen molar-refractivity contribution in [3.63, 3.8) is 0 Å². The average Bonchev–Trinajstić information content (AvgIpc) is 3.28. The van der Waals surface area contributed by atoms with Gasteiger partial charge in [-0.05, 0) is 63.2 Å². The summed E-state index contributed by atoms with van der Waals surface area (Å²) in [6, 6.07) is 6.61. The molecule has 188 valence electrons. The van der Waals surface area contributed by atoms with Crippen LogP contribution in [-0.2, 0) is 14.3 Å². The Hall–Kier alpha value is -2.91. The Kier molecular flexibility index (Phi) is 8.56. The predicted octanol–water partition coefficient (Wildman–Crippen LogP) is 4.33. The van der Waals surface area contributed by atoms with Gasteiger partial charge in [-0.2, -0.15) is 0 Å². The Balaban J connectivity index is 2.11. The first-order chi connectivity index (χ1) is 16.7. The number of aliphatic hydroxyl groups is 1. The van der Waals surface area contributed by atoms with Crippen LogP contribution in [0.3, 0.4) is 0 Å². The zero-order valence-electron chi connectivity index (χ0n) is 20.8. The number of aliphatic hydroxyl groups excluding tert-OH is 1. The van der Waals surface area contributed by atoms with Crippen molar-refractivity contribution in [1.82, 2.24) is 14.8 Å². The number of hydrogen-bond donors (Lipinski definition) is 2. The fraction of sp³-hybridized carbons (Fsp3) is 0.423. The van der Waals surface area contributed by atoms with Crippen LogP contribution in [0.1, 0.15) is 59.2 Å². The van der Waals surface area contributed by atoms with Crippen molar-refractivity contribution >= 4 is 39.3 Å². The van der Waals surface area contributed by atoms with Crippen LogP contribution in [0.2, 0.25) is 0 Å². The number of halogens is 1. The Morgan fingerprint density at radius 2 is 1.80 bits per heavy atom. The third kappa shape index (κ3) is 5.21. The molecule has 2 aromatic rings. The number of nitrogens with one attached hydrogen (secondary N) is 1. The van der Waals surface area contributed by atoms with Gasteiger partial charge in [-0.15, -0.1) is 0 Å².